The maximum absolute atomic E-state index is 12.8. The van der Waals surface area contributed by atoms with E-state index in [1.807, 2.05) is 30.3 Å². The first-order chi connectivity index (χ1) is 17.0. The van der Waals surface area contributed by atoms with Crippen LogP contribution in [0.3, 0.4) is 0 Å². The lowest BCUT2D eigenvalue weighted by Crippen LogP contribution is -2.45. The minimum absolute atomic E-state index is 0.0258. The first-order valence-corrected chi connectivity index (χ1v) is 11.5. The third-order valence-corrected chi connectivity index (χ3v) is 5.98. The van der Waals surface area contributed by atoms with Crippen LogP contribution in [0.15, 0.2) is 72.8 Å². The lowest BCUT2D eigenvalue weighted by Gasteiger charge is -2.34. The van der Waals surface area contributed by atoms with E-state index in [2.05, 4.69) is 44.1 Å². The van der Waals surface area contributed by atoms with Gasteiger partial charge in [-0.1, -0.05) is 48.5 Å². The van der Waals surface area contributed by atoms with E-state index in [0.29, 0.717) is 5.69 Å². The van der Waals surface area contributed by atoms with Crippen molar-refractivity contribution in [2.45, 2.75) is 19.7 Å². The van der Waals surface area contributed by atoms with E-state index in [1.54, 1.807) is 6.07 Å². The number of halogens is 2. The SMILES string of the molecule is COc1cccc(C(=O)Nc2ccc(CN3CCN(Cc4ccccc4)CC3)cc2)c1OC(F)F. The predicted molar refractivity (Wildman–Crippen MR) is 131 cm³/mol. The van der Waals surface area contributed by atoms with Crippen LogP contribution < -0.4 is 14.8 Å². The van der Waals surface area contributed by atoms with Crippen LogP contribution in [-0.2, 0) is 13.1 Å². The van der Waals surface area contributed by atoms with E-state index >= 15 is 0 Å². The fourth-order valence-corrected chi connectivity index (χ4v) is 4.16. The summed E-state index contributed by atoms with van der Waals surface area (Å²) < 4.78 is 35.3. The molecule has 4 rings (SSSR count). The van der Waals surface area contributed by atoms with Gasteiger partial charge in [0, 0.05) is 45.0 Å². The minimum atomic E-state index is -3.07. The van der Waals surface area contributed by atoms with Crippen molar-refractivity contribution in [1.29, 1.82) is 0 Å². The highest BCUT2D eigenvalue weighted by Gasteiger charge is 2.21. The van der Waals surface area contributed by atoms with E-state index in [-0.39, 0.29) is 17.1 Å². The van der Waals surface area contributed by atoms with Gasteiger partial charge in [-0.05, 0) is 35.4 Å². The topological polar surface area (TPSA) is 54.0 Å². The average Bonchev–Trinajstić information content (AvgIpc) is 2.87. The Morgan fingerprint density at radius 3 is 2.03 bits per heavy atom. The van der Waals surface area contributed by atoms with Gasteiger partial charge < -0.3 is 14.8 Å². The average molecular weight is 482 g/mol. The van der Waals surface area contributed by atoms with Gasteiger partial charge >= 0.3 is 6.61 Å². The molecule has 1 saturated heterocycles. The van der Waals surface area contributed by atoms with Gasteiger partial charge in [-0.2, -0.15) is 8.78 Å². The van der Waals surface area contributed by atoms with Gasteiger partial charge in [0.1, 0.15) is 0 Å². The number of amides is 1. The Morgan fingerprint density at radius 1 is 0.857 bits per heavy atom. The normalized spacial score (nSPS) is 14.6. The Hall–Kier alpha value is -3.49. The molecule has 1 N–H and O–H groups in total. The monoisotopic (exact) mass is 481 g/mol. The van der Waals surface area contributed by atoms with E-state index in [1.165, 1.54) is 24.8 Å². The van der Waals surface area contributed by atoms with Crippen molar-refractivity contribution in [2.75, 3.05) is 38.6 Å². The number of nitrogens with zero attached hydrogens (tertiary/aromatic N) is 2. The zero-order chi connectivity index (χ0) is 24.6. The Bertz CT molecular complexity index is 1100. The molecule has 0 aliphatic carbocycles. The summed E-state index contributed by atoms with van der Waals surface area (Å²) in [5.41, 5.74) is 3.02. The zero-order valence-corrected chi connectivity index (χ0v) is 19.6. The first-order valence-electron chi connectivity index (χ1n) is 11.5. The van der Waals surface area contributed by atoms with Gasteiger partial charge in [-0.15, -0.1) is 0 Å². The Morgan fingerprint density at radius 2 is 1.46 bits per heavy atom. The lowest BCUT2D eigenvalue weighted by molar-refractivity contribution is -0.0515. The number of nitrogens with one attached hydrogen (secondary N) is 1. The van der Waals surface area contributed by atoms with Crippen molar-refractivity contribution in [3.05, 3.63) is 89.5 Å². The molecular weight excluding hydrogens is 452 g/mol. The molecule has 0 saturated carbocycles. The van der Waals surface area contributed by atoms with Gasteiger partial charge in [0.05, 0.1) is 12.7 Å². The van der Waals surface area contributed by atoms with E-state index in [0.717, 1.165) is 44.8 Å². The minimum Gasteiger partial charge on any atom is -0.493 e. The van der Waals surface area contributed by atoms with Gasteiger partial charge in [0.25, 0.3) is 5.91 Å². The second kappa shape index (κ2) is 11.8. The summed E-state index contributed by atoms with van der Waals surface area (Å²) in [7, 11) is 1.33. The lowest BCUT2D eigenvalue weighted by atomic mass is 10.1. The van der Waals surface area contributed by atoms with Crippen LogP contribution in [0.25, 0.3) is 0 Å². The number of rotatable bonds is 9. The molecule has 1 aliphatic rings. The molecule has 1 heterocycles. The summed E-state index contributed by atoms with van der Waals surface area (Å²) in [6.07, 6.45) is 0. The number of carbonyl (C=O) groups excluding carboxylic acids is 1. The highest BCUT2D eigenvalue weighted by atomic mass is 19.3. The molecule has 0 radical (unpaired) electrons. The van der Waals surface area contributed by atoms with Gasteiger partial charge in [-0.3, -0.25) is 14.6 Å². The van der Waals surface area contributed by atoms with Crippen molar-refractivity contribution >= 4 is 11.6 Å². The predicted octanol–water partition coefficient (Wildman–Crippen LogP) is 4.87. The third-order valence-electron chi connectivity index (χ3n) is 5.98. The quantitative estimate of drug-likeness (QED) is 0.473. The number of para-hydroxylation sites is 1. The number of benzene rings is 3. The summed E-state index contributed by atoms with van der Waals surface area (Å²) in [4.78, 5) is 17.6. The van der Waals surface area contributed by atoms with Crippen LogP contribution in [0.5, 0.6) is 11.5 Å². The molecule has 184 valence electrons. The number of carbonyl (C=O) groups is 1. The van der Waals surface area contributed by atoms with Crippen molar-refractivity contribution in [3.63, 3.8) is 0 Å². The maximum atomic E-state index is 12.8. The largest absolute Gasteiger partial charge is 0.493 e. The van der Waals surface area contributed by atoms with Crippen LogP contribution in [-0.4, -0.2) is 55.6 Å². The van der Waals surface area contributed by atoms with Crippen molar-refractivity contribution in [3.8, 4) is 11.5 Å². The van der Waals surface area contributed by atoms with Gasteiger partial charge in [-0.25, -0.2) is 0 Å². The molecule has 35 heavy (non-hydrogen) atoms. The second-order valence-electron chi connectivity index (χ2n) is 8.40. The summed E-state index contributed by atoms with van der Waals surface area (Å²) >= 11 is 0. The Balaban J connectivity index is 1.31. The van der Waals surface area contributed by atoms with Crippen LogP contribution in [0.4, 0.5) is 14.5 Å². The molecule has 3 aromatic carbocycles. The van der Waals surface area contributed by atoms with E-state index < -0.39 is 12.5 Å². The van der Waals surface area contributed by atoms with Crippen molar-refractivity contribution < 1.29 is 23.0 Å². The molecule has 0 bridgehead atoms. The number of hydrogen-bond acceptors (Lipinski definition) is 5. The number of anilines is 1. The molecule has 1 amide bonds. The number of alkyl halides is 2. The molecule has 0 unspecified atom stereocenters. The van der Waals surface area contributed by atoms with Crippen LogP contribution in [0.1, 0.15) is 21.5 Å². The summed E-state index contributed by atoms with van der Waals surface area (Å²) in [6.45, 7) is 2.76. The maximum Gasteiger partial charge on any atom is 0.387 e. The second-order valence-corrected chi connectivity index (χ2v) is 8.40. The number of piperazine rings is 1. The first kappa shape index (κ1) is 24.6. The number of hydrogen-bond donors (Lipinski definition) is 1. The molecule has 3 aromatic rings. The highest BCUT2D eigenvalue weighted by molar-refractivity contribution is 6.06. The molecule has 0 atom stereocenters. The number of methoxy groups -OCH3 is 1. The van der Waals surface area contributed by atoms with Gasteiger partial charge in [0.15, 0.2) is 11.5 Å². The van der Waals surface area contributed by atoms with Crippen LogP contribution in [0, 0.1) is 0 Å². The molecule has 8 heteroatoms. The third kappa shape index (κ3) is 6.77. The van der Waals surface area contributed by atoms with Crippen molar-refractivity contribution in [1.82, 2.24) is 9.80 Å². The van der Waals surface area contributed by atoms with Crippen LogP contribution in [0.2, 0.25) is 0 Å². The smallest absolute Gasteiger partial charge is 0.387 e. The van der Waals surface area contributed by atoms with Crippen molar-refractivity contribution in [2.24, 2.45) is 0 Å². The molecule has 1 aliphatic heterocycles. The summed E-state index contributed by atoms with van der Waals surface area (Å²) in [6, 6.07) is 22.5. The molecule has 6 nitrogen and oxygen atoms in total. The summed E-state index contributed by atoms with van der Waals surface area (Å²) in [5, 5.41) is 2.74. The van der Waals surface area contributed by atoms with E-state index in [4.69, 9.17) is 4.74 Å². The Kier molecular flexibility index (Phi) is 8.28. The number of ether oxygens (including phenoxy) is 2. The zero-order valence-electron chi connectivity index (χ0n) is 19.6. The standard InChI is InChI=1S/C27H29F2N3O3/c1-34-24-9-5-8-23(25(24)35-27(28)29)26(33)30-22-12-10-21(11-13-22)19-32-16-14-31(15-17-32)18-20-6-3-2-4-7-20/h2-13,27H,14-19H2,1H3,(H,30,33). The van der Waals surface area contributed by atoms with Gasteiger partial charge in [0.2, 0.25) is 0 Å². The van der Waals surface area contributed by atoms with Crippen LogP contribution >= 0.6 is 0 Å². The fourth-order valence-electron chi connectivity index (χ4n) is 4.16. The molecule has 0 spiro atoms. The molecule has 1 fully saturated rings. The molecular formula is C27H29F2N3O3. The Labute approximate surface area is 204 Å². The highest BCUT2D eigenvalue weighted by Crippen LogP contribution is 2.33. The molecule has 0 aromatic heterocycles. The van der Waals surface area contributed by atoms with E-state index in [9.17, 15) is 13.6 Å². The fraction of sp³-hybridized carbons (Fsp3) is 0.296. The summed E-state index contributed by atoms with van der Waals surface area (Å²) in [5.74, 6) is -0.774.